The molecule has 0 saturated heterocycles. The molecule has 0 aliphatic rings. The largest absolute Gasteiger partial charge is 0.322 e. The number of hydrogen-bond acceptors (Lipinski definition) is 3. The quantitative estimate of drug-likeness (QED) is 0.776. The van der Waals surface area contributed by atoms with Crippen LogP contribution in [0.25, 0.3) is 21.2 Å². The minimum Gasteiger partial charge on any atom is -0.322 e. The van der Waals surface area contributed by atoms with Crippen molar-refractivity contribution in [3.63, 3.8) is 0 Å². The number of hydrogen-bond donors (Lipinski definition) is 2. The molecular formula is C16H13FN2OS. The van der Waals surface area contributed by atoms with E-state index in [0.29, 0.717) is 0 Å². The molecule has 0 aliphatic heterocycles. The van der Waals surface area contributed by atoms with E-state index < -0.39 is 11.7 Å². The topological polar surface area (TPSA) is 55.1 Å². The first-order chi connectivity index (χ1) is 10.2. The number of carbonyl (C=O) groups is 1. The van der Waals surface area contributed by atoms with Crippen molar-refractivity contribution in [1.82, 2.24) is 0 Å². The number of amides is 1. The summed E-state index contributed by atoms with van der Waals surface area (Å²) in [7, 11) is 0. The molecule has 0 aliphatic carbocycles. The lowest BCUT2D eigenvalue weighted by Gasteiger charge is -2.08. The second-order valence-corrected chi connectivity index (χ2v) is 5.51. The summed E-state index contributed by atoms with van der Waals surface area (Å²) in [5.41, 5.74) is 7.12. The van der Waals surface area contributed by atoms with Crippen LogP contribution < -0.4 is 11.1 Å². The van der Waals surface area contributed by atoms with Crippen molar-refractivity contribution in [3.8, 4) is 11.1 Å². The Morgan fingerprint density at radius 3 is 2.86 bits per heavy atom. The highest BCUT2D eigenvalue weighted by molar-refractivity contribution is 7.17. The first-order valence-corrected chi connectivity index (χ1v) is 7.33. The number of nitrogens with two attached hydrogens (primary N) is 1. The van der Waals surface area contributed by atoms with E-state index in [1.165, 1.54) is 6.07 Å². The highest BCUT2D eigenvalue weighted by atomic mass is 32.1. The maximum Gasteiger partial charge on any atom is 0.238 e. The van der Waals surface area contributed by atoms with E-state index in [2.05, 4.69) is 5.32 Å². The Hall–Kier alpha value is -2.24. The summed E-state index contributed by atoms with van der Waals surface area (Å²) in [6, 6.07) is 12.8. The third kappa shape index (κ3) is 2.66. The molecule has 0 saturated carbocycles. The van der Waals surface area contributed by atoms with Crippen molar-refractivity contribution < 1.29 is 9.18 Å². The first kappa shape index (κ1) is 13.7. The van der Waals surface area contributed by atoms with Crippen molar-refractivity contribution in [1.29, 1.82) is 0 Å². The van der Waals surface area contributed by atoms with E-state index in [4.69, 9.17) is 5.73 Å². The molecule has 1 amide bonds. The number of rotatable bonds is 3. The SMILES string of the molecule is NCC(=O)Nc1ccc(-c2cccc3ccsc23)cc1F. The van der Waals surface area contributed by atoms with E-state index >= 15 is 0 Å². The smallest absolute Gasteiger partial charge is 0.238 e. The van der Waals surface area contributed by atoms with E-state index in [1.807, 2.05) is 29.6 Å². The predicted octanol–water partition coefficient (Wildman–Crippen LogP) is 3.60. The molecule has 106 valence electrons. The van der Waals surface area contributed by atoms with Crippen LogP contribution in [0.1, 0.15) is 0 Å². The van der Waals surface area contributed by atoms with Crippen LogP contribution >= 0.6 is 11.3 Å². The Labute approximate surface area is 125 Å². The fraction of sp³-hybridized carbons (Fsp3) is 0.0625. The van der Waals surface area contributed by atoms with Crippen molar-refractivity contribution in [3.05, 3.63) is 53.7 Å². The molecule has 0 spiro atoms. The van der Waals surface area contributed by atoms with Crippen molar-refractivity contribution >= 4 is 33.0 Å². The zero-order valence-corrected chi connectivity index (χ0v) is 11.9. The lowest BCUT2D eigenvalue weighted by Crippen LogP contribution is -2.22. The normalized spacial score (nSPS) is 10.8. The van der Waals surface area contributed by atoms with Gasteiger partial charge in [0, 0.05) is 4.70 Å². The molecule has 1 aromatic heterocycles. The van der Waals surface area contributed by atoms with Gasteiger partial charge in [0.25, 0.3) is 0 Å². The van der Waals surface area contributed by atoms with Gasteiger partial charge in [0.05, 0.1) is 12.2 Å². The zero-order chi connectivity index (χ0) is 14.8. The Kier molecular flexibility index (Phi) is 3.68. The minimum atomic E-state index is -0.470. The van der Waals surface area contributed by atoms with Gasteiger partial charge in [-0.05, 0) is 40.1 Å². The maximum atomic E-state index is 14.1. The number of nitrogens with one attached hydrogen (secondary N) is 1. The van der Waals surface area contributed by atoms with Gasteiger partial charge in [-0.2, -0.15) is 0 Å². The van der Waals surface area contributed by atoms with Gasteiger partial charge < -0.3 is 11.1 Å². The third-order valence-electron chi connectivity index (χ3n) is 3.22. The summed E-state index contributed by atoms with van der Waals surface area (Å²) in [4.78, 5) is 11.2. The third-order valence-corrected chi connectivity index (χ3v) is 4.18. The number of fused-ring (bicyclic) bond motifs is 1. The van der Waals surface area contributed by atoms with Gasteiger partial charge in [-0.15, -0.1) is 11.3 Å². The van der Waals surface area contributed by atoms with Crippen LogP contribution in [-0.2, 0) is 4.79 Å². The van der Waals surface area contributed by atoms with E-state index in [-0.39, 0.29) is 12.2 Å². The van der Waals surface area contributed by atoms with Gasteiger partial charge in [0.15, 0.2) is 0 Å². The van der Waals surface area contributed by atoms with Crippen molar-refractivity contribution in [2.24, 2.45) is 5.73 Å². The predicted molar refractivity (Wildman–Crippen MR) is 84.9 cm³/mol. The highest BCUT2D eigenvalue weighted by Gasteiger charge is 2.10. The minimum absolute atomic E-state index is 0.146. The van der Waals surface area contributed by atoms with Gasteiger partial charge in [-0.1, -0.05) is 24.3 Å². The second kappa shape index (κ2) is 5.63. The average Bonchev–Trinajstić information content (AvgIpc) is 2.97. The lowest BCUT2D eigenvalue weighted by molar-refractivity contribution is -0.114. The van der Waals surface area contributed by atoms with Gasteiger partial charge in [-0.25, -0.2) is 4.39 Å². The maximum absolute atomic E-state index is 14.1. The monoisotopic (exact) mass is 300 g/mol. The molecule has 0 bridgehead atoms. The molecular weight excluding hydrogens is 287 g/mol. The van der Waals surface area contributed by atoms with Crippen LogP contribution in [0.4, 0.5) is 10.1 Å². The molecule has 0 unspecified atom stereocenters. The van der Waals surface area contributed by atoms with E-state index in [1.54, 1.807) is 23.5 Å². The number of halogens is 1. The molecule has 3 aromatic rings. The Morgan fingerprint density at radius 2 is 2.10 bits per heavy atom. The van der Waals surface area contributed by atoms with Crippen LogP contribution in [0.5, 0.6) is 0 Å². The molecule has 3 nitrogen and oxygen atoms in total. The summed E-state index contributed by atoms with van der Waals surface area (Å²) in [5.74, 6) is -0.884. The number of thiophene rings is 1. The summed E-state index contributed by atoms with van der Waals surface area (Å²) in [6.45, 7) is -0.171. The number of carbonyl (C=O) groups excluding carboxylic acids is 1. The molecule has 0 radical (unpaired) electrons. The fourth-order valence-corrected chi connectivity index (χ4v) is 3.14. The summed E-state index contributed by atoms with van der Waals surface area (Å²) in [5, 5.41) is 5.59. The Bertz CT molecular complexity index is 813. The lowest BCUT2D eigenvalue weighted by atomic mass is 10.0. The van der Waals surface area contributed by atoms with Crippen LogP contribution in [0, 0.1) is 5.82 Å². The van der Waals surface area contributed by atoms with Crippen LogP contribution in [0.2, 0.25) is 0 Å². The average molecular weight is 300 g/mol. The van der Waals surface area contributed by atoms with Crippen LogP contribution in [-0.4, -0.2) is 12.5 Å². The molecule has 3 N–H and O–H groups in total. The fourth-order valence-electron chi connectivity index (χ4n) is 2.21. The number of anilines is 1. The standard InChI is InChI=1S/C16H13FN2OS/c17-13-8-11(4-5-14(13)19-15(20)9-18)12-3-1-2-10-6-7-21-16(10)12/h1-8H,9,18H2,(H,19,20). The summed E-state index contributed by atoms with van der Waals surface area (Å²) in [6.07, 6.45) is 0. The Morgan fingerprint density at radius 1 is 1.24 bits per heavy atom. The molecule has 3 rings (SSSR count). The second-order valence-electron chi connectivity index (χ2n) is 4.59. The van der Waals surface area contributed by atoms with Gasteiger partial charge in [0.2, 0.25) is 5.91 Å². The molecule has 5 heteroatoms. The van der Waals surface area contributed by atoms with E-state index in [0.717, 1.165) is 21.2 Å². The van der Waals surface area contributed by atoms with Crippen LogP contribution in [0.15, 0.2) is 47.8 Å². The molecule has 2 aromatic carbocycles. The van der Waals surface area contributed by atoms with Gasteiger partial charge >= 0.3 is 0 Å². The van der Waals surface area contributed by atoms with Gasteiger partial charge in [-0.3, -0.25) is 4.79 Å². The molecule has 0 atom stereocenters. The summed E-state index contributed by atoms with van der Waals surface area (Å²) >= 11 is 1.62. The van der Waals surface area contributed by atoms with Crippen molar-refractivity contribution in [2.75, 3.05) is 11.9 Å². The molecule has 1 heterocycles. The van der Waals surface area contributed by atoms with E-state index in [9.17, 15) is 9.18 Å². The van der Waals surface area contributed by atoms with Crippen molar-refractivity contribution in [2.45, 2.75) is 0 Å². The highest BCUT2D eigenvalue weighted by Crippen LogP contribution is 2.33. The molecule has 21 heavy (non-hydrogen) atoms. The first-order valence-electron chi connectivity index (χ1n) is 6.45. The zero-order valence-electron chi connectivity index (χ0n) is 11.1. The summed E-state index contributed by atoms with van der Waals surface area (Å²) < 4.78 is 15.2. The van der Waals surface area contributed by atoms with Crippen LogP contribution in [0.3, 0.4) is 0 Å². The number of benzene rings is 2. The molecule has 0 fully saturated rings. The Balaban J connectivity index is 2.02. The van der Waals surface area contributed by atoms with Gasteiger partial charge in [0.1, 0.15) is 5.82 Å².